The largest absolute Gasteiger partial charge is 0.529 e. The third-order valence-electron chi connectivity index (χ3n) is 5.43. The number of amides is 2. The number of anilines is 2. The molecule has 0 aromatic heterocycles. The number of hydrogen-bond acceptors (Lipinski definition) is 5. The summed E-state index contributed by atoms with van der Waals surface area (Å²) in [7, 11) is 0. The van der Waals surface area contributed by atoms with Crippen LogP contribution in [0.4, 0.5) is 29.3 Å². The van der Waals surface area contributed by atoms with Gasteiger partial charge in [-0.25, -0.2) is 0 Å². The fraction of sp³-hybridized carbons (Fsp3) is 0.125. The second kappa shape index (κ2) is 9.49. The maximum Gasteiger partial charge on any atom is 0.406 e. The molecule has 0 aliphatic carbocycles. The molecule has 1 aliphatic heterocycles. The van der Waals surface area contributed by atoms with Crippen molar-refractivity contribution in [1.29, 1.82) is 0 Å². The smallest absolute Gasteiger partial charge is 0.406 e. The van der Waals surface area contributed by atoms with Gasteiger partial charge in [-0.05, 0) is 36.4 Å². The van der Waals surface area contributed by atoms with Crippen molar-refractivity contribution in [3.63, 3.8) is 0 Å². The minimum Gasteiger partial charge on any atom is -0.529 e. The monoisotopic (exact) mass is 498 g/mol. The summed E-state index contributed by atoms with van der Waals surface area (Å²) in [5.41, 5.74) is -0.611. The van der Waals surface area contributed by atoms with Crippen LogP contribution in [0.15, 0.2) is 84.9 Å². The number of hydrogen-bond donors (Lipinski definition) is 0. The highest BCUT2D eigenvalue weighted by molar-refractivity contribution is 6.17. The van der Waals surface area contributed by atoms with Gasteiger partial charge in [-0.1, -0.05) is 48.5 Å². The first-order valence-corrected chi connectivity index (χ1v) is 10.5. The van der Waals surface area contributed by atoms with Crippen molar-refractivity contribution < 1.29 is 37.6 Å². The van der Waals surface area contributed by atoms with E-state index in [9.17, 15) is 38.0 Å². The third-order valence-corrected chi connectivity index (χ3v) is 5.43. The lowest BCUT2D eigenvalue weighted by Gasteiger charge is -2.30. The molecule has 1 aliphatic rings. The van der Waals surface area contributed by atoms with Crippen LogP contribution in [0.1, 0.15) is 11.1 Å². The fourth-order valence-electron chi connectivity index (χ4n) is 4.07. The molecule has 36 heavy (non-hydrogen) atoms. The van der Waals surface area contributed by atoms with E-state index in [0.29, 0.717) is 4.90 Å². The summed E-state index contributed by atoms with van der Waals surface area (Å²) in [6.45, 7) is -1.80. The zero-order valence-corrected chi connectivity index (χ0v) is 18.3. The molecule has 0 unspecified atom stereocenters. The molecule has 0 N–H and O–H groups in total. The molecular formula is C24H17F3N4O5. The number of carbonyl (C=O) groups excluding carboxylic acids is 2. The van der Waals surface area contributed by atoms with Crippen molar-refractivity contribution >= 4 is 29.1 Å². The van der Waals surface area contributed by atoms with Crippen molar-refractivity contribution in [2.45, 2.75) is 12.3 Å². The number of fused-ring (bicyclic) bond motifs is 1. The van der Waals surface area contributed by atoms with Gasteiger partial charge in [0.2, 0.25) is 0 Å². The zero-order chi connectivity index (χ0) is 26.0. The number of halogens is 3. The SMILES string of the molecule is O=C1[C@H](N(C(=O)[O-])c2ccccc2)[N+]([N+](=O)[O-])=C(c2ccccc2)c2ccccc2N1CC(F)(F)F. The summed E-state index contributed by atoms with van der Waals surface area (Å²) in [6, 6.07) is 19.9. The summed E-state index contributed by atoms with van der Waals surface area (Å²) in [5, 5.41) is 23.8. The zero-order valence-electron chi connectivity index (χ0n) is 18.3. The van der Waals surface area contributed by atoms with Gasteiger partial charge in [0.1, 0.15) is 17.3 Å². The molecule has 0 radical (unpaired) electrons. The first-order valence-electron chi connectivity index (χ1n) is 10.5. The number of benzodiazepines with no additional fused rings is 1. The molecule has 3 aromatic carbocycles. The van der Waals surface area contributed by atoms with E-state index in [1.165, 1.54) is 66.7 Å². The van der Waals surface area contributed by atoms with Gasteiger partial charge in [-0.2, -0.15) is 23.3 Å². The first kappa shape index (κ1) is 24.4. The van der Waals surface area contributed by atoms with Crippen molar-refractivity contribution in [2.24, 2.45) is 0 Å². The Morgan fingerprint density at radius 3 is 2.08 bits per heavy atom. The van der Waals surface area contributed by atoms with E-state index in [0.717, 1.165) is 0 Å². The van der Waals surface area contributed by atoms with Crippen LogP contribution in [0.25, 0.3) is 0 Å². The van der Waals surface area contributed by atoms with Crippen LogP contribution in [0.2, 0.25) is 0 Å². The Labute approximate surface area is 202 Å². The molecule has 0 spiro atoms. The van der Waals surface area contributed by atoms with Crippen LogP contribution in [0.3, 0.4) is 0 Å². The van der Waals surface area contributed by atoms with Crippen LogP contribution < -0.4 is 14.9 Å². The summed E-state index contributed by atoms with van der Waals surface area (Å²) in [5.74, 6) is -1.48. The number of para-hydroxylation sites is 2. The molecule has 2 amide bonds. The second-order valence-corrected chi connectivity index (χ2v) is 7.70. The van der Waals surface area contributed by atoms with E-state index in [-0.39, 0.29) is 37.8 Å². The van der Waals surface area contributed by atoms with Gasteiger partial charge in [-0.3, -0.25) is 14.6 Å². The average Bonchev–Trinajstić information content (AvgIpc) is 2.93. The van der Waals surface area contributed by atoms with E-state index in [1.807, 2.05) is 0 Å². The third kappa shape index (κ3) is 4.60. The van der Waals surface area contributed by atoms with Crippen molar-refractivity contribution in [2.75, 3.05) is 16.3 Å². The molecule has 3 aromatic rings. The lowest BCUT2D eigenvalue weighted by atomic mass is 10.00. The van der Waals surface area contributed by atoms with Gasteiger partial charge in [-0.15, -0.1) is 0 Å². The molecule has 4 rings (SSSR count). The minimum atomic E-state index is -4.90. The molecular weight excluding hydrogens is 481 g/mol. The number of carbonyl (C=O) groups is 2. The molecule has 0 saturated carbocycles. The molecule has 0 bridgehead atoms. The highest BCUT2D eigenvalue weighted by Gasteiger charge is 2.54. The normalized spacial score (nSPS) is 15.8. The average molecular weight is 498 g/mol. The van der Waals surface area contributed by atoms with Crippen molar-refractivity contribution in [3.05, 3.63) is 106 Å². The summed E-state index contributed by atoms with van der Waals surface area (Å²) < 4.78 is 41.2. The topological polar surface area (TPSA) is 110 Å². The lowest BCUT2D eigenvalue weighted by molar-refractivity contribution is -1.10. The van der Waals surface area contributed by atoms with Gasteiger partial charge >= 0.3 is 23.3 Å². The minimum absolute atomic E-state index is 0.0631. The number of hydrazine groups is 1. The maximum atomic E-state index is 13.7. The van der Waals surface area contributed by atoms with Gasteiger partial charge in [0.15, 0.2) is 0 Å². The second-order valence-electron chi connectivity index (χ2n) is 7.70. The van der Waals surface area contributed by atoms with Crippen molar-refractivity contribution in [3.8, 4) is 0 Å². The quantitative estimate of drug-likeness (QED) is 0.305. The van der Waals surface area contributed by atoms with E-state index in [1.54, 1.807) is 18.2 Å². The van der Waals surface area contributed by atoms with Crippen molar-refractivity contribution in [1.82, 2.24) is 0 Å². The fourth-order valence-corrected chi connectivity index (χ4v) is 4.07. The van der Waals surface area contributed by atoms with E-state index >= 15 is 0 Å². The Balaban J connectivity index is 2.13. The highest BCUT2D eigenvalue weighted by atomic mass is 19.4. The Morgan fingerprint density at radius 2 is 1.53 bits per heavy atom. The molecule has 12 heteroatoms. The lowest BCUT2D eigenvalue weighted by Crippen LogP contribution is -2.61. The predicted molar refractivity (Wildman–Crippen MR) is 120 cm³/mol. The molecule has 1 atom stereocenters. The standard InChI is InChI=1S/C24H17F3N4O5/c25-24(26,27)15-28-19-14-8-7-13-18(19)20(16-9-3-1-4-10-16)30(31(35)36)21(22(28)32)29(23(33)34)17-11-5-2-6-12-17/h1-14,21H,15H2/t21-/m1/s1. The Hall–Kier alpha value is -4.74. The van der Waals surface area contributed by atoms with E-state index in [2.05, 4.69) is 0 Å². The van der Waals surface area contributed by atoms with Gasteiger partial charge in [0.25, 0.3) is 5.71 Å². The predicted octanol–water partition coefficient (Wildman–Crippen LogP) is 2.81. The molecule has 184 valence electrons. The molecule has 1 heterocycles. The molecule has 0 saturated heterocycles. The number of carboxylic acid groups (broad SMARTS) is 1. The molecule has 9 nitrogen and oxygen atoms in total. The number of rotatable bonds is 5. The van der Waals surface area contributed by atoms with Gasteiger partial charge < -0.3 is 9.90 Å². The Morgan fingerprint density at radius 1 is 0.972 bits per heavy atom. The number of hydrazone groups is 1. The van der Waals surface area contributed by atoms with Crippen LogP contribution >= 0.6 is 0 Å². The summed E-state index contributed by atoms with van der Waals surface area (Å²) in [4.78, 5) is 39.1. The summed E-state index contributed by atoms with van der Waals surface area (Å²) in [6.07, 6.45) is -9.28. The number of benzene rings is 3. The van der Waals surface area contributed by atoms with Gasteiger partial charge in [0.05, 0.1) is 16.8 Å². The van der Waals surface area contributed by atoms with Gasteiger partial charge in [0, 0.05) is 5.69 Å². The molecule has 0 fully saturated rings. The van der Waals surface area contributed by atoms with Crippen LogP contribution in [0, 0.1) is 10.1 Å². The number of nitro groups is 1. The maximum absolute atomic E-state index is 13.7. The number of alkyl halides is 3. The van der Waals surface area contributed by atoms with Crippen LogP contribution in [0.5, 0.6) is 0 Å². The highest BCUT2D eigenvalue weighted by Crippen LogP contribution is 2.33. The first-order chi connectivity index (χ1) is 17.1. The summed E-state index contributed by atoms with van der Waals surface area (Å²) >= 11 is 0. The van der Waals surface area contributed by atoms with E-state index in [4.69, 9.17) is 0 Å². The number of nitrogens with zero attached hydrogens (tertiary/aromatic N) is 4. The Kier molecular flexibility index (Phi) is 6.43. The van der Waals surface area contributed by atoms with Crippen LogP contribution in [-0.4, -0.2) is 46.3 Å². The Bertz CT molecular complexity index is 1350. The van der Waals surface area contributed by atoms with E-state index < -0.39 is 35.9 Å². The van der Waals surface area contributed by atoms with Crippen LogP contribution in [-0.2, 0) is 4.79 Å².